The quantitative estimate of drug-likeness (QED) is 0.0286. The highest BCUT2D eigenvalue weighted by Gasteiger charge is 2.25. The molecule has 0 N–H and O–H groups in total. The molecular formula is C40H75NO7. The van der Waals surface area contributed by atoms with Crippen molar-refractivity contribution < 1.29 is 38.2 Å². The Morgan fingerprint density at radius 1 is 0.604 bits per heavy atom. The Balaban J connectivity index is 4.37. The summed E-state index contributed by atoms with van der Waals surface area (Å²) >= 11 is 0. The van der Waals surface area contributed by atoms with Crippen molar-refractivity contribution in [3.05, 3.63) is 12.2 Å². The van der Waals surface area contributed by atoms with E-state index >= 15 is 0 Å². The summed E-state index contributed by atoms with van der Waals surface area (Å²) in [5, 5.41) is 11.6. The molecular weight excluding hydrogens is 606 g/mol. The average molecular weight is 682 g/mol. The van der Waals surface area contributed by atoms with Crippen LogP contribution in [0.5, 0.6) is 0 Å². The number of carbonyl (C=O) groups is 3. The van der Waals surface area contributed by atoms with Crippen molar-refractivity contribution in [3.63, 3.8) is 0 Å². The molecule has 0 radical (unpaired) electrons. The lowest BCUT2D eigenvalue weighted by atomic mass is 10.0. The predicted molar refractivity (Wildman–Crippen MR) is 194 cm³/mol. The van der Waals surface area contributed by atoms with E-state index in [1.54, 1.807) is 21.1 Å². The van der Waals surface area contributed by atoms with Crippen molar-refractivity contribution in [3.8, 4) is 0 Å². The van der Waals surface area contributed by atoms with Crippen molar-refractivity contribution in [1.82, 2.24) is 0 Å². The number of unbranched alkanes of at least 4 members (excludes halogenated alkanes) is 19. The fraction of sp³-hybridized carbons (Fsp3) is 0.875. The minimum absolute atomic E-state index is 0.0408. The molecule has 0 aliphatic heterocycles. The zero-order valence-corrected chi connectivity index (χ0v) is 31.9. The zero-order chi connectivity index (χ0) is 35.7. The Bertz CT molecular complexity index is 808. The van der Waals surface area contributed by atoms with Gasteiger partial charge >= 0.3 is 11.9 Å². The Kier molecular flexibility index (Phi) is 31.0. The number of esters is 2. The van der Waals surface area contributed by atoms with Crippen molar-refractivity contribution in [2.24, 2.45) is 0 Å². The molecule has 0 heterocycles. The molecule has 0 aliphatic carbocycles. The number of allylic oxidation sites excluding steroid dienone is 2. The van der Waals surface area contributed by atoms with Crippen LogP contribution < -0.4 is 5.11 Å². The van der Waals surface area contributed by atoms with Crippen LogP contribution in [-0.4, -0.2) is 75.5 Å². The van der Waals surface area contributed by atoms with Crippen LogP contribution in [0.25, 0.3) is 0 Å². The summed E-state index contributed by atoms with van der Waals surface area (Å²) in [5.41, 5.74) is 0. The summed E-state index contributed by atoms with van der Waals surface area (Å²) in [7, 11) is 5.40. The summed E-state index contributed by atoms with van der Waals surface area (Å²) in [6.45, 7) is 4.60. The van der Waals surface area contributed by atoms with Crippen molar-refractivity contribution in [2.75, 3.05) is 41.0 Å². The second kappa shape index (κ2) is 32.3. The molecule has 2 atom stereocenters. The first kappa shape index (κ1) is 46.1. The van der Waals surface area contributed by atoms with E-state index in [1.165, 1.54) is 83.5 Å². The van der Waals surface area contributed by atoms with E-state index in [2.05, 4.69) is 26.0 Å². The van der Waals surface area contributed by atoms with E-state index in [1.807, 2.05) is 0 Å². The molecule has 282 valence electrons. The molecule has 0 spiro atoms. The predicted octanol–water partition coefficient (Wildman–Crippen LogP) is 8.63. The van der Waals surface area contributed by atoms with Crippen LogP contribution in [0.2, 0.25) is 0 Å². The SMILES string of the molecule is CCCC/C=C/CCCCCCC(=O)OC(COCCC(C(=O)[O-])[N+](C)(C)C)COC(=O)CCCCCCCCCCCCCCCC. The van der Waals surface area contributed by atoms with Gasteiger partial charge in [-0.1, -0.05) is 135 Å². The standard InChI is InChI=1S/C40H75NO7/c1-6-8-10-12-14-16-18-19-20-21-23-24-26-28-30-38(42)47-35-36(34-46-33-32-37(40(44)45)41(3,4)5)48-39(43)31-29-27-25-22-17-15-13-11-9-7-2/h13,15,36-37H,6-12,14,16-35H2,1-5H3/b15-13+. The lowest BCUT2D eigenvalue weighted by Crippen LogP contribution is -2.55. The van der Waals surface area contributed by atoms with E-state index in [4.69, 9.17) is 14.2 Å². The summed E-state index contributed by atoms with van der Waals surface area (Å²) in [4.78, 5) is 36.6. The smallest absolute Gasteiger partial charge is 0.306 e. The molecule has 8 heteroatoms. The first-order chi connectivity index (χ1) is 23.1. The van der Waals surface area contributed by atoms with Gasteiger partial charge in [0.15, 0.2) is 6.10 Å². The summed E-state index contributed by atoms with van der Waals surface area (Å²) in [6.07, 6.45) is 30.9. The topological polar surface area (TPSA) is 102 Å². The summed E-state index contributed by atoms with van der Waals surface area (Å²) in [6, 6.07) is -0.722. The molecule has 48 heavy (non-hydrogen) atoms. The molecule has 8 nitrogen and oxygen atoms in total. The fourth-order valence-electron chi connectivity index (χ4n) is 5.76. The van der Waals surface area contributed by atoms with Crippen LogP contribution in [0.1, 0.15) is 174 Å². The van der Waals surface area contributed by atoms with Crippen LogP contribution in [0.4, 0.5) is 0 Å². The molecule has 0 amide bonds. The second-order valence-electron chi connectivity index (χ2n) is 14.5. The molecule has 0 saturated carbocycles. The fourth-order valence-corrected chi connectivity index (χ4v) is 5.76. The van der Waals surface area contributed by atoms with E-state index in [-0.39, 0.29) is 42.7 Å². The molecule has 0 bridgehead atoms. The number of rotatable bonds is 35. The molecule has 0 aliphatic rings. The van der Waals surface area contributed by atoms with E-state index in [9.17, 15) is 19.5 Å². The third-order valence-electron chi connectivity index (χ3n) is 8.90. The van der Waals surface area contributed by atoms with Crippen molar-refractivity contribution in [2.45, 2.75) is 187 Å². The minimum atomic E-state index is -1.13. The second-order valence-corrected chi connectivity index (χ2v) is 14.5. The van der Waals surface area contributed by atoms with Gasteiger partial charge in [-0.15, -0.1) is 0 Å². The van der Waals surface area contributed by atoms with Gasteiger partial charge in [0.05, 0.1) is 40.3 Å². The number of carboxylic acid groups (broad SMARTS) is 1. The zero-order valence-electron chi connectivity index (χ0n) is 31.9. The lowest BCUT2D eigenvalue weighted by molar-refractivity contribution is -0.889. The number of ether oxygens (including phenoxy) is 3. The van der Waals surface area contributed by atoms with Gasteiger partial charge in [0.2, 0.25) is 0 Å². The largest absolute Gasteiger partial charge is 0.544 e. The third-order valence-corrected chi connectivity index (χ3v) is 8.90. The number of nitrogens with zero attached hydrogens (tertiary/aromatic N) is 1. The molecule has 0 aromatic rings. The Morgan fingerprint density at radius 3 is 1.56 bits per heavy atom. The highest BCUT2D eigenvalue weighted by Crippen LogP contribution is 2.14. The number of carbonyl (C=O) groups excluding carboxylic acids is 3. The number of likely N-dealkylation sites (N-methyl/N-ethyl adjacent to an activating group) is 1. The normalized spacial score (nSPS) is 13.1. The molecule has 0 rings (SSSR count). The van der Waals surface area contributed by atoms with Gasteiger partial charge in [-0.3, -0.25) is 9.59 Å². The van der Waals surface area contributed by atoms with E-state index < -0.39 is 18.1 Å². The van der Waals surface area contributed by atoms with Crippen molar-refractivity contribution in [1.29, 1.82) is 0 Å². The van der Waals surface area contributed by atoms with Gasteiger partial charge in [0.25, 0.3) is 0 Å². The number of hydrogen-bond acceptors (Lipinski definition) is 7. The maximum absolute atomic E-state index is 12.6. The number of aliphatic carboxylic acids is 1. The molecule has 0 aromatic heterocycles. The molecule has 0 saturated heterocycles. The number of carboxylic acids is 1. The first-order valence-electron chi connectivity index (χ1n) is 19.7. The van der Waals surface area contributed by atoms with Gasteiger partial charge in [-0.05, 0) is 32.1 Å². The van der Waals surface area contributed by atoms with Crippen LogP contribution in [0.3, 0.4) is 0 Å². The minimum Gasteiger partial charge on any atom is -0.544 e. The number of quaternary nitrogens is 1. The van der Waals surface area contributed by atoms with Gasteiger partial charge in [-0.2, -0.15) is 0 Å². The monoisotopic (exact) mass is 682 g/mol. The van der Waals surface area contributed by atoms with Crippen molar-refractivity contribution >= 4 is 17.9 Å². The lowest BCUT2D eigenvalue weighted by Gasteiger charge is -2.34. The van der Waals surface area contributed by atoms with Crippen LogP contribution in [0, 0.1) is 0 Å². The molecule has 0 fully saturated rings. The van der Waals surface area contributed by atoms with E-state index in [0.717, 1.165) is 57.8 Å². The van der Waals surface area contributed by atoms with Crippen LogP contribution in [0.15, 0.2) is 12.2 Å². The van der Waals surface area contributed by atoms with Gasteiger partial charge in [0, 0.05) is 19.3 Å². The van der Waals surface area contributed by atoms with Gasteiger partial charge in [-0.25, -0.2) is 0 Å². The first-order valence-corrected chi connectivity index (χ1v) is 19.7. The Morgan fingerprint density at radius 2 is 1.06 bits per heavy atom. The van der Waals surface area contributed by atoms with Gasteiger partial charge in [0.1, 0.15) is 12.6 Å². The van der Waals surface area contributed by atoms with Gasteiger partial charge < -0.3 is 28.6 Å². The van der Waals surface area contributed by atoms with Crippen LogP contribution in [-0.2, 0) is 28.6 Å². The highest BCUT2D eigenvalue weighted by atomic mass is 16.6. The Hall–Kier alpha value is -1.93. The van der Waals surface area contributed by atoms with Crippen LogP contribution >= 0.6 is 0 Å². The third kappa shape index (κ3) is 30.2. The summed E-state index contributed by atoms with van der Waals surface area (Å²) < 4.78 is 17.1. The molecule has 0 aromatic carbocycles. The summed E-state index contributed by atoms with van der Waals surface area (Å²) in [5.74, 6) is -1.75. The highest BCUT2D eigenvalue weighted by molar-refractivity contribution is 5.70. The van der Waals surface area contributed by atoms with E-state index in [0.29, 0.717) is 12.8 Å². The maximum Gasteiger partial charge on any atom is 0.306 e. The number of hydrogen-bond donors (Lipinski definition) is 0. The molecule has 2 unspecified atom stereocenters. The maximum atomic E-state index is 12.6. The Labute approximate surface area is 295 Å². The average Bonchev–Trinajstić information content (AvgIpc) is 3.03.